The third kappa shape index (κ3) is 2.24. The molecule has 0 aliphatic carbocycles. The summed E-state index contributed by atoms with van der Waals surface area (Å²) in [6.45, 7) is 0.235. The van der Waals surface area contributed by atoms with Crippen molar-refractivity contribution in [1.29, 1.82) is 0 Å². The molecule has 0 radical (unpaired) electrons. The first-order valence-electron chi connectivity index (χ1n) is 4.16. The van der Waals surface area contributed by atoms with E-state index in [0.717, 1.165) is 6.07 Å². The number of hydrogen-bond acceptors (Lipinski definition) is 2. The van der Waals surface area contributed by atoms with Crippen molar-refractivity contribution >= 4 is 0 Å². The van der Waals surface area contributed by atoms with Crippen LogP contribution in [-0.2, 0) is 0 Å². The first kappa shape index (κ1) is 11.0. The largest absolute Gasteiger partial charge is 0.330 e. The van der Waals surface area contributed by atoms with Crippen molar-refractivity contribution in [2.45, 2.75) is 12.5 Å². The Morgan fingerprint density at radius 1 is 1.21 bits per heavy atom. The van der Waals surface area contributed by atoms with Gasteiger partial charge >= 0.3 is 0 Å². The molecule has 2 nitrogen and oxygen atoms in total. The van der Waals surface area contributed by atoms with Gasteiger partial charge in [0, 0.05) is 17.7 Å². The maximum absolute atomic E-state index is 13.1. The Bertz CT molecular complexity index is 328. The van der Waals surface area contributed by atoms with E-state index < -0.39 is 23.5 Å². The lowest BCUT2D eigenvalue weighted by Crippen LogP contribution is -2.17. The van der Waals surface area contributed by atoms with Crippen LogP contribution in [0.3, 0.4) is 0 Å². The summed E-state index contributed by atoms with van der Waals surface area (Å²) in [6, 6.07) is 0.595. The molecular weight excluding hydrogens is 193 g/mol. The molecule has 0 fully saturated rings. The minimum atomic E-state index is -1.23. The molecule has 1 rings (SSSR count). The van der Waals surface area contributed by atoms with Crippen molar-refractivity contribution in [1.82, 2.24) is 0 Å². The van der Waals surface area contributed by atoms with Gasteiger partial charge in [-0.1, -0.05) is 0 Å². The maximum Gasteiger partial charge on any atom is 0.163 e. The molecule has 1 atom stereocenters. The summed E-state index contributed by atoms with van der Waals surface area (Å²) in [4.78, 5) is 0. The van der Waals surface area contributed by atoms with E-state index in [1.807, 2.05) is 0 Å². The third-order valence-electron chi connectivity index (χ3n) is 1.90. The number of nitrogens with two attached hydrogens (primary N) is 2. The zero-order valence-electron chi connectivity index (χ0n) is 7.43. The van der Waals surface area contributed by atoms with Crippen LogP contribution in [0.4, 0.5) is 13.2 Å². The van der Waals surface area contributed by atoms with Gasteiger partial charge in [-0.15, -0.1) is 0 Å². The van der Waals surface area contributed by atoms with Gasteiger partial charge in [0.15, 0.2) is 11.6 Å². The van der Waals surface area contributed by atoms with Crippen LogP contribution in [0.1, 0.15) is 18.0 Å². The van der Waals surface area contributed by atoms with Gasteiger partial charge in [0.25, 0.3) is 0 Å². The van der Waals surface area contributed by atoms with Crippen molar-refractivity contribution in [3.05, 3.63) is 35.1 Å². The molecule has 0 aliphatic heterocycles. The van der Waals surface area contributed by atoms with Crippen LogP contribution in [0, 0.1) is 17.5 Å². The minimum Gasteiger partial charge on any atom is -0.330 e. The average Bonchev–Trinajstić information content (AvgIpc) is 2.11. The molecule has 0 heterocycles. The number of benzene rings is 1. The molecule has 0 aromatic heterocycles. The topological polar surface area (TPSA) is 52.0 Å². The molecule has 78 valence electrons. The van der Waals surface area contributed by atoms with E-state index in [9.17, 15) is 13.2 Å². The molecule has 1 aromatic carbocycles. The van der Waals surface area contributed by atoms with Crippen LogP contribution in [0.2, 0.25) is 0 Å². The van der Waals surface area contributed by atoms with E-state index >= 15 is 0 Å². The number of hydrogen-bond donors (Lipinski definition) is 2. The quantitative estimate of drug-likeness (QED) is 0.732. The summed E-state index contributed by atoms with van der Waals surface area (Å²) in [7, 11) is 0. The maximum atomic E-state index is 13.1. The SMILES string of the molecule is NCCC(N)c1cc(F)cc(F)c1F. The molecular formula is C9H11F3N2. The highest BCUT2D eigenvalue weighted by Gasteiger charge is 2.16. The molecule has 1 aromatic rings. The highest BCUT2D eigenvalue weighted by molar-refractivity contribution is 5.23. The van der Waals surface area contributed by atoms with Crippen molar-refractivity contribution in [3.8, 4) is 0 Å². The molecule has 5 heteroatoms. The lowest BCUT2D eigenvalue weighted by Gasteiger charge is -2.11. The second-order valence-electron chi connectivity index (χ2n) is 2.97. The summed E-state index contributed by atoms with van der Waals surface area (Å²) < 4.78 is 38.5. The monoisotopic (exact) mass is 204 g/mol. The van der Waals surface area contributed by atoms with E-state index in [1.165, 1.54) is 0 Å². The van der Waals surface area contributed by atoms with Crippen LogP contribution in [0.25, 0.3) is 0 Å². The molecule has 4 N–H and O–H groups in total. The van der Waals surface area contributed by atoms with Gasteiger partial charge in [0.2, 0.25) is 0 Å². The highest BCUT2D eigenvalue weighted by atomic mass is 19.2. The summed E-state index contributed by atoms with van der Waals surface area (Å²) >= 11 is 0. The first-order chi connectivity index (χ1) is 6.56. The molecule has 0 saturated carbocycles. The molecule has 0 bridgehead atoms. The summed E-state index contributed by atoms with van der Waals surface area (Å²) in [5.74, 6) is -3.17. The third-order valence-corrected chi connectivity index (χ3v) is 1.90. The van der Waals surface area contributed by atoms with Crippen molar-refractivity contribution in [3.63, 3.8) is 0 Å². The fourth-order valence-electron chi connectivity index (χ4n) is 1.18. The van der Waals surface area contributed by atoms with Crippen LogP contribution in [0.15, 0.2) is 12.1 Å². The van der Waals surface area contributed by atoms with E-state index in [1.54, 1.807) is 0 Å². The van der Waals surface area contributed by atoms with E-state index in [0.29, 0.717) is 6.07 Å². The van der Waals surface area contributed by atoms with Gasteiger partial charge in [-0.3, -0.25) is 0 Å². The summed E-state index contributed by atoms with van der Waals surface area (Å²) in [5, 5.41) is 0. The van der Waals surface area contributed by atoms with Crippen LogP contribution < -0.4 is 11.5 Å². The van der Waals surface area contributed by atoms with Gasteiger partial charge in [0.05, 0.1) is 0 Å². The minimum absolute atomic E-state index is 0.173. The lowest BCUT2D eigenvalue weighted by atomic mass is 10.0. The Morgan fingerprint density at radius 3 is 2.43 bits per heavy atom. The van der Waals surface area contributed by atoms with Gasteiger partial charge < -0.3 is 11.5 Å². The normalized spacial score (nSPS) is 12.9. The van der Waals surface area contributed by atoms with Crippen LogP contribution in [0.5, 0.6) is 0 Å². The fourth-order valence-corrected chi connectivity index (χ4v) is 1.18. The zero-order chi connectivity index (χ0) is 10.7. The van der Waals surface area contributed by atoms with Crippen molar-refractivity contribution < 1.29 is 13.2 Å². The Hall–Kier alpha value is -1.07. The second kappa shape index (κ2) is 4.43. The Kier molecular flexibility index (Phi) is 3.49. The number of rotatable bonds is 3. The van der Waals surface area contributed by atoms with E-state index in [-0.39, 0.29) is 18.5 Å². The first-order valence-corrected chi connectivity index (χ1v) is 4.16. The van der Waals surface area contributed by atoms with Crippen molar-refractivity contribution in [2.75, 3.05) is 6.54 Å². The van der Waals surface area contributed by atoms with Gasteiger partial charge in [-0.25, -0.2) is 13.2 Å². The lowest BCUT2D eigenvalue weighted by molar-refractivity contribution is 0.471. The summed E-state index contributed by atoms with van der Waals surface area (Å²) in [6.07, 6.45) is 0.278. The smallest absolute Gasteiger partial charge is 0.163 e. The molecule has 0 amide bonds. The molecule has 14 heavy (non-hydrogen) atoms. The predicted octanol–water partition coefficient (Wildman–Crippen LogP) is 1.45. The fraction of sp³-hybridized carbons (Fsp3) is 0.333. The number of halogens is 3. The zero-order valence-corrected chi connectivity index (χ0v) is 7.43. The Labute approximate surface area is 79.7 Å². The van der Waals surface area contributed by atoms with Gasteiger partial charge in [-0.2, -0.15) is 0 Å². The highest BCUT2D eigenvalue weighted by Crippen LogP contribution is 2.21. The summed E-state index contributed by atoms with van der Waals surface area (Å²) in [5.41, 5.74) is 10.5. The standard InChI is InChI=1S/C9H11F3N2/c10-5-3-6(8(14)1-2-13)9(12)7(11)4-5/h3-4,8H,1-2,13-14H2. The molecule has 0 aliphatic rings. The van der Waals surface area contributed by atoms with E-state index in [2.05, 4.69) is 0 Å². The van der Waals surface area contributed by atoms with Crippen molar-refractivity contribution in [2.24, 2.45) is 11.5 Å². The molecule has 1 unspecified atom stereocenters. The predicted molar refractivity (Wildman–Crippen MR) is 46.9 cm³/mol. The second-order valence-corrected chi connectivity index (χ2v) is 2.97. The average molecular weight is 204 g/mol. The molecule has 0 spiro atoms. The van der Waals surface area contributed by atoms with Crippen LogP contribution in [-0.4, -0.2) is 6.54 Å². The Morgan fingerprint density at radius 2 is 1.86 bits per heavy atom. The Balaban J connectivity index is 3.07. The van der Waals surface area contributed by atoms with Gasteiger partial charge in [-0.05, 0) is 19.0 Å². The van der Waals surface area contributed by atoms with E-state index in [4.69, 9.17) is 11.5 Å². The van der Waals surface area contributed by atoms with Gasteiger partial charge in [0.1, 0.15) is 5.82 Å². The van der Waals surface area contributed by atoms with Crippen LogP contribution >= 0.6 is 0 Å². The molecule has 0 saturated heterocycles.